The number of rotatable bonds is 2. The summed E-state index contributed by atoms with van der Waals surface area (Å²) in [6, 6.07) is 9.29. The van der Waals surface area contributed by atoms with Gasteiger partial charge in [0.1, 0.15) is 11.9 Å². The molecule has 1 unspecified atom stereocenters. The molecule has 0 aliphatic carbocycles. The number of aliphatic hydroxyl groups is 1. The Morgan fingerprint density at radius 3 is 2.44 bits per heavy atom. The lowest BCUT2D eigenvalue weighted by molar-refractivity contribution is 0.219. The summed E-state index contributed by atoms with van der Waals surface area (Å²) in [6.45, 7) is 0. The molecular weight excluding hydrogens is 386 g/mol. The maximum absolute atomic E-state index is 13.2. The second kappa shape index (κ2) is 5.70. The SMILES string of the molecule is OC(c1cc(F)ccc1Cl)c1ccc(Br)cc1Br. The van der Waals surface area contributed by atoms with Crippen LogP contribution >= 0.6 is 43.5 Å². The highest BCUT2D eigenvalue weighted by Gasteiger charge is 2.17. The van der Waals surface area contributed by atoms with Crippen LogP contribution in [0, 0.1) is 5.82 Å². The summed E-state index contributed by atoms with van der Waals surface area (Å²) in [5.74, 6) is -0.429. The molecule has 2 aromatic carbocycles. The summed E-state index contributed by atoms with van der Waals surface area (Å²) in [7, 11) is 0. The highest BCUT2D eigenvalue weighted by atomic mass is 79.9. The quantitative estimate of drug-likeness (QED) is 0.753. The topological polar surface area (TPSA) is 20.2 Å². The maximum Gasteiger partial charge on any atom is 0.123 e. The zero-order chi connectivity index (χ0) is 13.3. The lowest BCUT2D eigenvalue weighted by atomic mass is 10.0. The molecule has 18 heavy (non-hydrogen) atoms. The first-order valence-corrected chi connectivity index (χ1v) is 7.03. The van der Waals surface area contributed by atoms with Gasteiger partial charge in [-0.25, -0.2) is 4.39 Å². The normalized spacial score (nSPS) is 12.5. The van der Waals surface area contributed by atoms with Crippen LogP contribution in [0.25, 0.3) is 0 Å². The molecule has 1 nitrogen and oxygen atoms in total. The third kappa shape index (κ3) is 2.94. The molecule has 2 aromatic rings. The number of benzene rings is 2. The fourth-order valence-electron chi connectivity index (χ4n) is 1.61. The molecule has 5 heteroatoms. The standard InChI is InChI=1S/C13H8Br2ClFO/c14-7-1-3-9(11(15)5-7)13(18)10-6-8(17)2-4-12(10)16/h1-6,13,18H. The molecule has 0 fully saturated rings. The maximum atomic E-state index is 13.2. The molecule has 1 N–H and O–H groups in total. The van der Waals surface area contributed by atoms with E-state index in [2.05, 4.69) is 31.9 Å². The molecule has 0 radical (unpaired) electrons. The molecule has 94 valence electrons. The van der Waals surface area contributed by atoms with Crippen LogP contribution in [-0.2, 0) is 0 Å². The van der Waals surface area contributed by atoms with Gasteiger partial charge in [0, 0.05) is 19.5 Å². The van der Waals surface area contributed by atoms with Crippen molar-refractivity contribution in [1.29, 1.82) is 0 Å². The Hall–Kier alpha value is -0.420. The largest absolute Gasteiger partial charge is 0.384 e. The lowest BCUT2D eigenvalue weighted by Gasteiger charge is -2.15. The van der Waals surface area contributed by atoms with Crippen LogP contribution in [0.4, 0.5) is 4.39 Å². The Labute approximate surface area is 126 Å². The van der Waals surface area contributed by atoms with Crippen LogP contribution in [0.3, 0.4) is 0 Å². The molecule has 0 aromatic heterocycles. The number of hydrogen-bond donors (Lipinski definition) is 1. The van der Waals surface area contributed by atoms with Gasteiger partial charge >= 0.3 is 0 Å². The predicted octanol–water partition coefficient (Wildman–Crippen LogP) is 5.09. The number of hydrogen-bond acceptors (Lipinski definition) is 1. The van der Waals surface area contributed by atoms with Gasteiger partial charge in [-0.1, -0.05) is 49.5 Å². The van der Waals surface area contributed by atoms with E-state index in [0.29, 0.717) is 16.1 Å². The van der Waals surface area contributed by atoms with Gasteiger partial charge in [0.15, 0.2) is 0 Å². The van der Waals surface area contributed by atoms with Crippen molar-refractivity contribution in [3.05, 3.63) is 67.3 Å². The molecule has 0 saturated carbocycles. The van der Waals surface area contributed by atoms with Crippen molar-refractivity contribution < 1.29 is 9.50 Å². The minimum atomic E-state index is -0.976. The summed E-state index contributed by atoms with van der Waals surface area (Å²) in [5.41, 5.74) is 0.977. The molecule has 0 heterocycles. The van der Waals surface area contributed by atoms with Crippen LogP contribution < -0.4 is 0 Å². The van der Waals surface area contributed by atoms with Crippen molar-refractivity contribution in [1.82, 2.24) is 0 Å². The first kappa shape index (κ1) is 14.0. The van der Waals surface area contributed by atoms with E-state index in [0.717, 1.165) is 8.95 Å². The summed E-state index contributed by atoms with van der Waals surface area (Å²) in [6.07, 6.45) is -0.976. The molecule has 1 atom stereocenters. The van der Waals surface area contributed by atoms with Crippen molar-refractivity contribution in [2.75, 3.05) is 0 Å². The van der Waals surface area contributed by atoms with E-state index >= 15 is 0 Å². The molecule has 0 aliphatic rings. The average molecular weight is 394 g/mol. The third-order valence-corrected chi connectivity index (χ3v) is 4.03. The average Bonchev–Trinajstić information content (AvgIpc) is 2.31. The van der Waals surface area contributed by atoms with Crippen LogP contribution in [0.1, 0.15) is 17.2 Å². The minimum Gasteiger partial charge on any atom is -0.384 e. The summed E-state index contributed by atoms with van der Waals surface area (Å²) in [4.78, 5) is 0. The summed E-state index contributed by atoms with van der Waals surface area (Å²) < 4.78 is 14.8. The Kier molecular flexibility index (Phi) is 4.43. The van der Waals surface area contributed by atoms with E-state index in [4.69, 9.17) is 11.6 Å². The number of aliphatic hydroxyl groups excluding tert-OH is 1. The Morgan fingerprint density at radius 2 is 1.78 bits per heavy atom. The zero-order valence-electron chi connectivity index (χ0n) is 9.00. The van der Waals surface area contributed by atoms with Crippen molar-refractivity contribution >= 4 is 43.5 Å². The van der Waals surface area contributed by atoms with E-state index < -0.39 is 11.9 Å². The Bertz CT molecular complexity index is 589. The van der Waals surface area contributed by atoms with Crippen LogP contribution in [0.2, 0.25) is 5.02 Å². The molecule has 0 spiro atoms. The van der Waals surface area contributed by atoms with Gasteiger partial charge in [0.25, 0.3) is 0 Å². The number of halogens is 4. The van der Waals surface area contributed by atoms with Gasteiger partial charge in [-0.2, -0.15) is 0 Å². The van der Waals surface area contributed by atoms with Gasteiger partial charge in [0.05, 0.1) is 0 Å². The second-order valence-corrected chi connectivity index (χ2v) is 5.91. The van der Waals surface area contributed by atoms with Crippen molar-refractivity contribution in [3.63, 3.8) is 0 Å². The monoisotopic (exact) mass is 392 g/mol. The van der Waals surface area contributed by atoms with E-state index in [9.17, 15) is 9.50 Å². The van der Waals surface area contributed by atoms with Gasteiger partial charge in [0.2, 0.25) is 0 Å². The van der Waals surface area contributed by atoms with E-state index in [1.54, 1.807) is 12.1 Å². The predicted molar refractivity (Wildman–Crippen MR) is 77.3 cm³/mol. The van der Waals surface area contributed by atoms with Crippen molar-refractivity contribution in [2.45, 2.75) is 6.10 Å². The minimum absolute atomic E-state index is 0.332. The van der Waals surface area contributed by atoms with Crippen LogP contribution in [0.15, 0.2) is 45.3 Å². The van der Waals surface area contributed by atoms with Gasteiger partial charge in [-0.05, 0) is 35.9 Å². The first-order chi connectivity index (χ1) is 8.49. The highest BCUT2D eigenvalue weighted by molar-refractivity contribution is 9.11. The molecule has 0 bridgehead atoms. The molecular formula is C13H8Br2ClFO. The smallest absolute Gasteiger partial charge is 0.123 e. The molecule has 0 amide bonds. The molecule has 2 rings (SSSR count). The fourth-order valence-corrected chi connectivity index (χ4v) is 3.10. The third-order valence-electron chi connectivity index (χ3n) is 2.51. The molecule has 0 saturated heterocycles. The fraction of sp³-hybridized carbons (Fsp3) is 0.0769. The zero-order valence-corrected chi connectivity index (χ0v) is 12.9. The van der Waals surface area contributed by atoms with E-state index in [-0.39, 0.29) is 0 Å². The Morgan fingerprint density at radius 1 is 1.06 bits per heavy atom. The second-order valence-electron chi connectivity index (χ2n) is 3.73. The van der Waals surface area contributed by atoms with Gasteiger partial charge < -0.3 is 5.11 Å². The van der Waals surface area contributed by atoms with Crippen molar-refractivity contribution in [3.8, 4) is 0 Å². The van der Waals surface area contributed by atoms with Crippen LogP contribution in [0.5, 0.6) is 0 Å². The van der Waals surface area contributed by atoms with E-state index in [1.807, 2.05) is 6.07 Å². The lowest BCUT2D eigenvalue weighted by Crippen LogP contribution is -2.02. The molecule has 0 aliphatic heterocycles. The first-order valence-electron chi connectivity index (χ1n) is 5.07. The Balaban J connectivity index is 2.47. The van der Waals surface area contributed by atoms with Crippen molar-refractivity contribution in [2.24, 2.45) is 0 Å². The van der Waals surface area contributed by atoms with Crippen LogP contribution in [-0.4, -0.2) is 5.11 Å². The van der Waals surface area contributed by atoms with E-state index in [1.165, 1.54) is 18.2 Å². The van der Waals surface area contributed by atoms with Gasteiger partial charge in [-0.3, -0.25) is 0 Å². The summed E-state index contributed by atoms with van der Waals surface area (Å²) >= 11 is 12.7. The summed E-state index contributed by atoms with van der Waals surface area (Å²) in [5, 5.41) is 10.6. The van der Waals surface area contributed by atoms with Gasteiger partial charge in [-0.15, -0.1) is 0 Å². The highest BCUT2D eigenvalue weighted by Crippen LogP contribution is 2.34.